The average Bonchev–Trinajstić information content (AvgIpc) is 3.56. The third kappa shape index (κ3) is 5.38. The normalized spacial score (nSPS) is 13.4. The Hall–Kier alpha value is -4.26. The Labute approximate surface area is 196 Å². The van der Waals surface area contributed by atoms with E-state index >= 15 is 0 Å². The van der Waals surface area contributed by atoms with Crippen molar-refractivity contribution < 1.29 is 27.9 Å². The third-order valence-corrected chi connectivity index (χ3v) is 5.41. The van der Waals surface area contributed by atoms with Gasteiger partial charge in [0.15, 0.2) is 19.0 Å². The zero-order valence-electron chi connectivity index (χ0n) is 18.7. The number of hydrogen-bond acceptors (Lipinski definition) is 9. The summed E-state index contributed by atoms with van der Waals surface area (Å²) >= 11 is 0. The molecule has 0 unspecified atom stereocenters. The zero-order chi connectivity index (χ0) is 23.9. The number of aromatic nitrogens is 1. The fourth-order valence-corrected chi connectivity index (χ4v) is 3.50. The Kier molecular flexibility index (Phi) is 7.13. The Morgan fingerprint density at radius 2 is 1.88 bits per heavy atom. The van der Waals surface area contributed by atoms with Crippen molar-refractivity contribution in [3.8, 4) is 23.5 Å². The number of oxazole rings is 1. The third-order valence-electron chi connectivity index (χ3n) is 5.41. The summed E-state index contributed by atoms with van der Waals surface area (Å²) in [5.41, 5.74) is 1.33. The molecule has 1 fully saturated rings. The SMILES string of the molecule is CCc1ccc(OCC(=O)OCC(=O)N2CCN(c3oc(-c4ccco4)nc3C#N)CC2)cc1. The molecule has 10 nitrogen and oxygen atoms in total. The van der Waals surface area contributed by atoms with E-state index in [0.29, 0.717) is 43.6 Å². The molecule has 0 atom stereocenters. The van der Waals surface area contributed by atoms with E-state index in [1.165, 1.54) is 11.8 Å². The number of rotatable bonds is 8. The number of anilines is 1. The molecule has 2 aromatic heterocycles. The predicted octanol–water partition coefficient (Wildman–Crippen LogP) is 2.64. The molecule has 0 spiro atoms. The molecule has 0 aliphatic carbocycles. The molecule has 1 aliphatic heterocycles. The molecule has 0 radical (unpaired) electrons. The highest BCUT2D eigenvalue weighted by Crippen LogP contribution is 2.29. The fourth-order valence-electron chi connectivity index (χ4n) is 3.50. The number of nitrogens with zero attached hydrogens (tertiary/aromatic N) is 4. The molecule has 4 rings (SSSR count). The lowest BCUT2D eigenvalue weighted by Gasteiger charge is -2.34. The topological polar surface area (TPSA) is 122 Å². The van der Waals surface area contributed by atoms with E-state index in [1.54, 1.807) is 29.2 Å². The molecule has 1 aliphatic rings. The Morgan fingerprint density at radius 3 is 2.53 bits per heavy atom. The maximum atomic E-state index is 12.5. The van der Waals surface area contributed by atoms with Crippen LogP contribution < -0.4 is 9.64 Å². The van der Waals surface area contributed by atoms with Gasteiger partial charge in [-0.2, -0.15) is 10.2 Å². The lowest BCUT2D eigenvalue weighted by molar-refractivity contribution is -0.153. The van der Waals surface area contributed by atoms with Gasteiger partial charge in [-0.1, -0.05) is 19.1 Å². The number of nitriles is 1. The van der Waals surface area contributed by atoms with Gasteiger partial charge in [0.1, 0.15) is 11.8 Å². The Morgan fingerprint density at radius 1 is 1.12 bits per heavy atom. The first kappa shape index (κ1) is 22.9. The van der Waals surface area contributed by atoms with Crippen LogP contribution in [0.25, 0.3) is 11.7 Å². The molecule has 0 saturated carbocycles. The molecular weight excluding hydrogens is 440 g/mol. The second kappa shape index (κ2) is 10.6. The van der Waals surface area contributed by atoms with E-state index in [1.807, 2.05) is 23.1 Å². The smallest absolute Gasteiger partial charge is 0.344 e. The van der Waals surface area contributed by atoms with Crippen molar-refractivity contribution in [2.75, 3.05) is 44.3 Å². The highest BCUT2D eigenvalue weighted by molar-refractivity contribution is 5.81. The van der Waals surface area contributed by atoms with Gasteiger partial charge in [0, 0.05) is 26.2 Å². The van der Waals surface area contributed by atoms with Crippen LogP contribution in [0.5, 0.6) is 5.75 Å². The molecule has 1 aromatic carbocycles. The first-order chi connectivity index (χ1) is 16.6. The first-order valence-electron chi connectivity index (χ1n) is 10.9. The lowest BCUT2D eigenvalue weighted by atomic mass is 10.2. The highest BCUT2D eigenvalue weighted by atomic mass is 16.6. The second-order valence-corrected chi connectivity index (χ2v) is 7.58. The number of esters is 1. The van der Waals surface area contributed by atoms with Crippen molar-refractivity contribution in [3.05, 3.63) is 53.9 Å². The number of benzene rings is 1. The number of aryl methyl sites for hydroxylation is 1. The standard InChI is InChI=1S/C24H24N4O6/c1-2-17-5-7-18(8-6-17)32-16-22(30)33-15-21(29)27-9-11-28(12-10-27)24-19(14-25)26-23(34-24)20-4-3-13-31-20/h3-8,13H,2,9-12,15-16H2,1H3. The molecule has 10 heteroatoms. The number of piperazine rings is 1. The van der Waals surface area contributed by atoms with Gasteiger partial charge in [-0.15, -0.1) is 0 Å². The number of amides is 1. The highest BCUT2D eigenvalue weighted by Gasteiger charge is 2.27. The van der Waals surface area contributed by atoms with Crippen molar-refractivity contribution in [1.82, 2.24) is 9.88 Å². The van der Waals surface area contributed by atoms with Crippen LogP contribution in [-0.2, 0) is 20.7 Å². The van der Waals surface area contributed by atoms with E-state index in [2.05, 4.69) is 11.9 Å². The van der Waals surface area contributed by atoms with Crippen LogP contribution in [0, 0.1) is 11.3 Å². The molecule has 176 valence electrons. The summed E-state index contributed by atoms with van der Waals surface area (Å²) in [6.07, 6.45) is 2.42. The molecular formula is C24H24N4O6. The van der Waals surface area contributed by atoms with Crippen molar-refractivity contribution in [3.63, 3.8) is 0 Å². The van der Waals surface area contributed by atoms with Gasteiger partial charge in [-0.3, -0.25) is 4.79 Å². The van der Waals surface area contributed by atoms with E-state index in [-0.39, 0.29) is 30.7 Å². The number of hydrogen-bond donors (Lipinski definition) is 0. The Balaban J connectivity index is 1.23. The average molecular weight is 464 g/mol. The molecule has 1 amide bonds. The summed E-state index contributed by atoms with van der Waals surface area (Å²) in [7, 11) is 0. The molecule has 3 heterocycles. The van der Waals surface area contributed by atoms with E-state index in [0.717, 1.165) is 6.42 Å². The minimum absolute atomic E-state index is 0.157. The van der Waals surface area contributed by atoms with Gasteiger partial charge in [0.2, 0.25) is 11.6 Å². The molecule has 0 N–H and O–H groups in total. The van der Waals surface area contributed by atoms with E-state index in [9.17, 15) is 14.9 Å². The summed E-state index contributed by atoms with van der Waals surface area (Å²) < 4.78 is 21.5. The Bertz CT molecular complexity index is 1160. The van der Waals surface area contributed by atoms with Crippen LogP contribution in [0.3, 0.4) is 0 Å². The van der Waals surface area contributed by atoms with Crippen molar-refractivity contribution in [1.29, 1.82) is 5.26 Å². The monoisotopic (exact) mass is 464 g/mol. The number of carbonyl (C=O) groups is 2. The zero-order valence-corrected chi connectivity index (χ0v) is 18.7. The van der Waals surface area contributed by atoms with Crippen LogP contribution >= 0.6 is 0 Å². The summed E-state index contributed by atoms with van der Waals surface area (Å²) in [6, 6.07) is 12.9. The van der Waals surface area contributed by atoms with Crippen LogP contribution in [0.2, 0.25) is 0 Å². The van der Waals surface area contributed by atoms with Gasteiger partial charge < -0.3 is 28.1 Å². The van der Waals surface area contributed by atoms with Crippen LogP contribution in [0.4, 0.5) is 5.88 Å². The van der Waals surface area contributed by atoms with Crippen molar-refractivity contribution in [2.24, 2.45) is 0 Å². The predicted molar refractivity (Wildman–Crippen MR) is 120 cm³/mol. The molecule has 34 heavy (non-hydrogen) atoms. The van der Waals surface area contributed by atoms with Crippen LogP contribution in [0.1, 0.15) is 18.2 Å². The largest absolute Gasteiger partial charge is 0.482 e. The minimum Gasteiger partial charge on any atom is -0.482 e. The molecule has 0 bridgehead atoms. The van der Waals surface area contributed by atoms with Gasteiger partial charge in [-0.05, 0) is 36.2 Å². The van der Waals surface area contributed by atoms with Gasteiger partial charge in [-0.25, -0.2) is 4.79 Å². The van der Waals surface area contributed by atoms with Crippen molar-refractivity contribution in [2.45, 2.75) is 13.3 Å². The maximum absolute atomic E-state index is 12.5. The summed E-state index contributed by atoms with van der Waals surface area (Å²) in [5.74, 6) is 0.658. The van der Waals surface area contributed by atoms with E-state index < -0.39 is 5.97 Å². The number of carbonyl (C=O) groups excluding carboxylic acids is 2. The summed E-state index contributed by atoms with van der Waals surface area (Å²) in [5, 5.41) is 9.41. The quantitative estimate of drug-likeness (QED) is 0.463. The lowest BCUT2D eigenvalue weighted by Crippen LogP contribution is -2.50. The number of furan rings is 1. The maximum Gasteiger partial charge on any atom is 0.344 e. The van der Waals surface area contributed by atoms with Crippen molar-refractivity contribution >= 4 is 17.8 Å². The van der Waals surface area contributed by atoms with E-state index in [4.69, 9.17) is 18.3 Å². The molecule has 3 aromatic rings. The molecule has 1 saturated heterocycles. The summed E-state index contributed by atoms with van der Waals surface area (Å²) in [6.45, 7) is 3.09. The van der Waals surface area contributed by atoms with Gasteiger partial charge >= 0.3 is 5.97 Å². The van der Waals surface area contributed by atoms with Gasteiger partial charge in [0.05, 0.1) is 6.26 Å². The van der Waals surface area contributed by atoms with Crippen LogP contribution in [0.15, 0.2) is 51.5 Å². The fraction of sp³-hybridized carbons (Fsp3) is 0.333. The minimum atomic E-state index is -0.614. The van der Waals surface area contributed by atoms with Crippen LogP contribution in [-0.4, -0.2) is 61.2 Å². The first-order valence-corrected chi connectivity index (χ1v) is 10.9. The number of ether oxygens (including phenoxy) is 2. The summed E-state index contributed by atoms with van der Waals surface area (Å²) in [4.78, 5) is 32.1. The van der Waals surface area contributed by atoms with Gasteiger partial charge in [0.25, 0.3) is 11.8 Å². The second-order valence-electron chi connectivity index (χ2n) is 7.58.